The summed E-state index contributed by atoms with van der Waals surface area (Å²) in [5, 5.41) is 11.2. The number of benzene rings is 1. The molecule has 0 unspecified atom stereocenters. The topological polar surface area (TPSA) is 131 Å². The maximum atomic E-state index is 12.2. The van der Waals surface area contributed by atoms with Crippen molar-refractivity contribution in [1.82, 2.24) is 10.2 Å². The maximum Gasteiger partial charge on any atom is 0.344 e. The third-order valence-electron chi connectivity index (χ3n) is 3.54. The summed E-state index contributed by atoms with van der Waals surface area (Å²) in [4.78, 5) is 46.9. The van der Waals surface area contributed by atoms with Crippen LogP contribution in [0.4, 0.5) is 4.79 Å². The second-order valence-corrected chi connectivity index (χ2v) is 6.04. The lowest BCUT2D eigenvalue weighted by Gasteiger charge is -2.14. The van der Waals surface area contributed by atoms with Crippen LogP contribution in [0.2, 0.25) is 5.02 Å². The fourth-order valence-electron chi connectivity index (χ4n) is 2.43. The molecule has 11 heteroatoms. The summed E-state index contributed by atoms with van der Waals surface area (Å²) in [5.74, 6) is -2.34. The monoisotopic (exact) mass is 426 g/mol. The number of ether oxygens (including phenoxy) is 3. The molecule has 3 amide bonds. The molecule has 0 aromatic heterocycles. The van der Waals surface area contributed by atoms with E-state index in [-0.39, 0.29) is 42.0 Å². The summed E-state index contributed by atoms with van der Waals surface area (Å²) in [6.45, 7) is 2.76. The summed E-state index contributed by atoms with van der Waals surface area (Å²) in [5.41, 5.74) is 0.276. The highest BCUT2D eigenvalue weighted by Gasteiger charge is 2.35. The molecule has 2 N–H and O–H groups in total. The van der Waals surface area contributed by atoms with Gasteiger partial charge in [-0.05, 0) is 37.6 Å². The minimum absolute atomic E-state index is 0.103. The first-order valence-corrected chi connectivity index (χ1v) is 8.95. The highest BCUT2D eigenvalue weighted by atomic mass is 35.5. The van der Waals surface area contributed by atoms with Crippen LogP contribution in [0.5, 0.6) is 11.5 Å². The van der Waals surface area contributed by atoms with Crippen LogP contribution in [0.15, 0.2) is 17.8 Å². The van der Waals surface area contributed by atoms with Gasteiger partial charge >= 0.3 is 18.0 Å². The largest absolute Gasteiger partial charge is 0.490 e. The van der Waals surface area contributed by atoms with E-state index >= 15 is 0 Å². The van der Waals surface area contributed by atoms with Crippen LogP contribution in [0.1, 0.15) is 19.4 Å². The number of imide groups is 1. The molecule has 2 rings (SSSR count). The SMILES string of the molecule is CCOC(=O)COc1c(Cl)cc(/C=C2/NC(=O)N(CC(=O)O)C2=O)cc1OCC. The molecule has 0 saturated carbocycles. The van der Waals surface area contributed by atoms with Crippen molar-refractivity contribution in [3.63, 3.8) is 0 Å². The van der Waals surface area contributed by atoms with Crippen LogP contribution in [-0.4, -0.2) is 60.2 Å². The van der Waals surface area contributed by atoms with Gasteiger partial charge in [-0.3, -0.25) is 9.59 Å². The molecule has 1 fully saturated rings. The maximum absolute atomic E-state index is 12.2. The van der Waals surface area contributed by atoms with Gasteiger partial charge in [0.1, 0.15) is 12.2 Å². The number of nitrogens with zero attached hydrogens (tertiary/aromatic N) is 1. The van der Waals surface area contributed by atoms with Gasteiger partial charge in [-0.1, -0.05) is 11.6 Å². The lowest BCUT2D eigenvalue weighted by atomic mass is 10.1. The molecule has 0 spiro atoms. The predicted octanol–water partition coefficient (Wildman–Crippen LogP) is 1.66. The number of carbonyl (C=O) groups excluding carboxylic acids is 3. The third kappa shape index (κ3) is 5.61. The molecule has 0 aliphatic carbocycles. The molecule has 1 aliphatic heterocycles. The Morgan fingerprint density at radius 2 is 1.93 bits per heavy atom. The molecule has 156 valence electrons. The quantitative estimate of drug-likeness (QED) is 0.346. The summed E-state index contributed by atoms with van der Waals surface area (Å²) in [6.07, 6.45) is 1.33. The van der Waals surface area contributed by atoms with Gasteiger partial charge in [0.2, 0.25) is 0 Å². The first kappa shape index (κ1) is 22.0. The molecule has 10 nitrogen and oxygen atoms in total. The Hall–Kier alpha value is -3.27. The Balaban J connectivity index is 2.29. The molecule has 1 aromatic rings. The number of aliphatic carboxylic acids is 1. The molecule has 1 saturated heterocycles. The zero-order valence-corrected chi connectivity index (χ0v) is 16.4. The van der Waals surface area contributed by atoms with E-state index in [1.165, 1.54) is 18.2 Å². The third-order valence-corrected chi connectivity index (χ3v) is 3.82. The van der Waals surface area contributed by atoms with E-state index in [4.69, 9.17) is 30.9 Å². The Morgan fingerprint density at radius 3 is 2.55 bits per heavy atom. The molecule has 1 heterocycles. The van der Waals surface area contributed by atoms with Crippen molar-refractivity contribution in [2.75, 3.05) is 26.4 Å². The van der Waals surface area contributed by atoms with Crippen LogP contribution in [0.3, 0.4) is 0 Å². The molecule has 0 radical (unpaired) electrons. The number of carbonyl (C=O) groups is 4. The Bertz CT molecular complexity index is 868. The highest BCUT2D eigenvalue weighted by Crippen LogP contribution is 2.37. The average molecular weight is 427 g/mol. The minimum atomic E-state index is -1.32. The number of rotatable bonds is 9. The number of esters is 1. The fraction of sp³-hybridized carbons (Fsp3) is 0.333. The Labute approximate surface area is 171 Å². The van der Waals surface area contributed by atoms with E-state index in [0.29, 0.717) is 10.5 Å². The molecule has 1 aliphatic rings. The van der Waals surface area contributed by atoms with E-state index in [1.807, 2.05) is 0 Å². The van der Waals surface area contributed by atoms with E-state index in [0.717, 1.165) is 0 Å². The van der Waals surface area contributed by atoms with Crippen LogP contribution >= 0.6 is 11.6 Å². The smallest absolute Gasteiger partial charge is 0.344 e. The summed E-state index contributed by atoms with van der Waals surface area (Å²) in [7, 11) is 0. The zero-order chi connectivity index (χ0) is 21.6. The first-order valence-electron chi connectivity index (χ1n) is 8.57. The summed E-state index contributed by atoms with van der Waals surface area (Å²) in [6, 6.07) is 2.10. The molecule has 29 heavy (non-hydrogen) atoms. The lowest BCUT2D eigenvalue weighted by molar-refractivity contribution is -0.145. The van der Waals surface area contributed by atoms with Crippen molar-refractivity contribution >= 4 is 41.6 Å². The first-order chi connectivity index (χ1) is 13.8. The number of amides is 3. The molecular weight excluding hydrogens is 408 g/mol. The van der Waals surface area contributed by atoms with Crippen molar-refractivity contribution in [3.05, 3.63) is 28.4 Å². The standard InChI is InChI=1S/C18H19ClN2O8/c1-3-27-13-7-10(5-11(19)16(13)29-9-15(24)28-4-2)6-12-17(25)21(8-14(22)23)18(26)20-12/h5-7H,3-4,8-9H2,1-2H3,(H,20,26)(H,22,23)/b12-6+. The van der Waals surface area contributed by atoms with Gasteiger partial charge in [0.05, 0.1) is 18.2 Å². The van der Waals surface area contributed by atoms with Crippen molar-refractivity contribution in [3.8, 4) is 11.5 Å². The minimum Gasteiger partial charge on any atom is -0.490 e. The summed E-state index contributed by atoms with van der Waals surface area (Å²) >= 11 is 6.23. The van der Waals surface area contributed by atoms with E-state index in [2.05, 4.69) is 5.32 Å². The molecular formula is C18H19ClN2O8. The van der Waals surface area contributed by atoms with Gasteiger partial charge in [0.25, 0.3) is 5.91 Å². The number of hydrogen-bond acceptors (Lipinski definition) is 7. The Kier molecular flexibility index (Phi) is 7.43. The number of nitrogens with one attached hydrogen (secondary N) is 1. The van der Waals surface area contributed by atoms with Crippen molar-refractivity contribution in [2.45, 2.75) is 13.8 Å². The lowest BCUT2D eigenvalue weighted by Crippen LogP contribution is -2.35. The predicted molar refractivity (Wildman–Crippen MR) is 101 cm³/mol. The zero-order valence-electron chi connectivity index (χ0n) is 15.7. The van der Waals surface area contributed by atoms with E-state index < -0.39 is 30.4 Å². The van der Waals surface area contributed by atoms with Crippen molar-refractivity contribution < 1.29 is 38.5 Å². The fourth-order valence-corrected chi connectivity index (χ4v) is 2.70. The van der Waals surface area contributed by atoms with Crippen LogP contribution < -0.4 is 14.8 Å². The van der Waals surface area contributed by atoms with Gasteiger partial charge in [-0.2, -0.15) is 0 Å². The van der Waals surface area contributed by atoms with Crippen LogP contribution in [0, 0.1) is 0 Å². The Morgan fingerprint density at radius 1 is 1.21 bits per heavy atom. The van der Waals surface area contributed by atoms with Crippen molar-refractivity contribution in [2.24, 2.45) is 0 Å². The number of halogens is 1. The molecule has 0 bridgehead atoms. The van der Waals surface area contributed by atoms with Gasteiger partial charge in [-0.25, -0.2) is 14.5 Å². The molecule has 0 atom stereocenters. The van der Waals surface area contributed by atoms with Gasteiger partial charge in [0, 0.05) is 0 Å². The van der Waals surface area contributed by atoms with Crippen molar-refractivity contribution in [1.29, 1.82) is 0 Å². The normalized spacial score (nSPS) is 14.7. The van der Waals surface area contributed by atoms with E-state index in [9.17, 15) is 19.2 Å². The van der Waals surface area contributed by atoms with Crippen LogP contribution in [0.25, 0.3) is 6.08 Å². The number of carboxylic acid groups (broad SMARTS) is 1. The van der Waals surface area contributed by atoms with E-state index in [1.54, 1.807) is 13.8 Å². The number of urea groups is 1. The average Bonchev–Trinajstić information content (AvgIpc) is 2.88. The number of hydrogen-bond donors (Lipinski definition) is 2. The summed E-state index contributed by atoms with van der Waals surface area (Å²) < 4.78 is 15.7. The van der Waals surface area contributed by atoms with Gasteiger partial charge in [-0.15, -0.1) is 0 Å². The molecule has 1 aromatic carbocycles. The van der Waals surface area contributed by atoms with Gasteiger partial charge < -0.3 is 24.6 Å². The van der Waals surface area contributed by atoms with Gasteiger partial charge in [0.15, 0.2) is 18.1 Å². The second kappa shape index (κ2) is 9.78. The van der Waals surface area contributed by atoms with Crippen LogP contribution in [-0.2, 0) is 19.1 Å². The highest BCUT2D eigenvalue weighted by molar-refractivity contribution is 6.32. The number of carboxylic acids is 1. The second-order valence-electron chi connectivity index (χ2n) is 5.63.